The lowest BCUT2D eigenvalue weighted by Gasteiger charge is -2.23. The first kappa shape index (κ1) is 18.6. The fraction of sp³-hybridized carbons (Fsp3) is 0.300. The lowest BCUT2D eigenvalue weighted by molar-refractivity contribution is -0.127. The van der Waals surface area contributed by atoms with E-state index in [2.05, 4.69) is 43.6 Å². The molecule has 1 heterocycles. The molecule has 1 aliphatic rings. The fourth-order valence-corrected chi connectivity index (χ4v) is 3.42. The number of benzene rings is 2. The van der Waals surface area contributed by atoms with E-state index >= 15 is 0 Å². The molecule has 6 heteroatoms. The molecule has 5 nitrogen and oxygen atoms in total. The van der Waals surface area contributed by atoms with E-state index in [1.165, 1.54) is 5.56 Å². The maximum absolute atomic E-state index is 12.5. The summed E-state index contributed by atoms with van der Waals surface area (Å²) in [7, 11) is 0. The highest BCUT2D eigenvalue weighted by Gasteiger charge is 2.30. The van der Waals surface area contributed by atoms with Crippen LogP contribution in [-0.4, -0.2) is 35.8 Å². The fourth-order valence-electron chi connectivity index (χ4n) is 3.15. The first-order chi connectivity index (χ1) is 12.6. The molecule has 1 saturated heterocycles. The van der Waals surface area contributed by atoms with Crippen LogP contribution in [0.4, 0.5) is 5.69 Å². The molecule has 0 radical (unpaired) electrons. The van der Waals surface area contributed by atoms with Gasteiger partial charge in [-0.2, -0.15) is 0 Å². The van der Waals surface area contributed by atoms with Crippen LogP contribution in [0.1, 0.15) is 18.4 Å². The van der Waals surface area contributed by atoms with Crippen molar-refractivity contribution in [2.75, 3.05) is 18.4 Å². The average Bonchev–Trinajstić information content (AvgIpc) is 3.11. The number of anilines is 1. The molecule has 1 unspecified atom stereocenters. The molecule has 2 aromatic rings. The van der Waals surface area contributed by atoms with E-state index in [1.807, 2.05) is 42.5 Å². The molecule has 3 rings (SSSR count). The van der Waals surface area contributed by atoms with Crippen LogP contribution in [0.25, 0.3) is 0 Å². The maximum atomic E-state index is 12.5. The number of rotatable bonds is 6. The van der Waals surface area contributed by atoms with Crippen molar-refractivity contribution in [3.8, 4) is 0 Å². The number of nitrogens with zero attached hydrogens (tertiary/aromatic N) is 1. The summed E-state index contributed by atoms with van der Waals surface area (Å²) in [6.45, 7) is 1.63. The van der Waals surface area contributed by atoms with E-state index in [1.54, 1.807) is 0 Å². The van der Waals surface area contributed by atoms with Gasteiger partial charge in [0.25, 0.3) is 0 Å². The zero-order valence-corrected chi connectivity index (χ0v) is 16.0. The Bertz CT molecular complexity index is 749. The van der Waals surface area contributed by atoms with Gasteiger partial charge in [0.05, 0.1) is 12.6 Å². The standard InChI is InChI=1S/C20H22BrN3O2/c21-16-8-10-17(11-9-16)23-19(25)13-22-20(26)18-7-4-12-24(18)14-15-5-2-1-3-6-15/h1-3,5-6,8-11,18H,4,7,12-14H2,(H,22,26)(H,23,25). The minimum Gasteiger partial charge on any atom is -0.346 e. The Hall–Kier alpha value is -2.18. The van der Waals surface area contributed by atoms with Crippen molar-refractivity contribution in [3.05, 3.63) is 64.6 Å². The molecule has 0 bridgehead atoms. The third kappa shape index (κ3) is 5.16. The summed E-state index contributed by atoms with van der Waals surface area (Å²) in [5, 5.41) is 5.55. The number of likely N-dealkylation sites (tertiary alicyclic amines) is 1. The van der Waals surface area contributed by atoms with Crippen molar-refractivity contribution in [1.82, 2.24) is 10.2 Å². The van der Waals surface area contributed by atoms with Crippen LogP contribution in [0.5, 0.6) is 0 Å². The summed E-state index contributed by atoms with van der Waals surface area (Å²) < 4.78 is 0.948. The molecule has 26 heavy (non-hydrogen) atoms. The van der Waals surface area contributed by atoms with Gasteiger partial charge in [-0.3, -0.25) is 14.5 Å². The van der Waals surface area contributed by atoms with Gasteiger partial charge in [-0.25, -0.2) is 0 Å². The van der Waals surface area contributed by atoms with Gasteiger partial charge < -0.3 is 10.6 Å². The van der Waals surface area contributed by atoms with E-state index in [0.717, 1.165) is 30.4 Å². The summed E-state index contributed by atoms with van der Waals surface area (Å²) in [6, 6.07) is 17.3. The molecule has 1 aliphatic heterocycles. The van der Waals surface area contributed by atoms with E-state index in [4.69, 9.17) is 0 Å². The second-order valence-corrected chi connectivity index (χ2v) is 7.30. The zero-order chi connectivity index (χ0) is 18.4. The lowest BCUT2D eigenvalue weighted by atomic mass is 10.1. The van der Waals surface area contributed by atoms with Gasteiger partial charge in [0, 0.05) is 16.7 Å². The second-order valence-electron chi connectivity index (χ2n) is 6.39. The van der Waals surface area contributed by atoms with Gasteiger partial charge >= 0.3 is 0 Å². The summed E-state index contributed by atoms with van der Waals surface area (Å²) in [5.74, 6) is -0.308. The Morgan fingerprint density at radius 2 is 1.81 bits per heavy atom. The number of carbonyl (C=O) groups excluding carboxylic acids is 2. The van der Waals surface area contributed by atoms with Crippen LogP contribution in [0.15, 0.2) is 59.1 Å². The van der Waals surface area contributed by atoms with Crippen LogP contribution in [-0.2, 0) is 16.1 Å². The summed E-state index contributed by atoms with van der Waals surface area (Å²) >= 11 is 3.35. The predicted octanol–water partition coefficient (Wildman–Crippen LogP) is 3.17. The number of amides is 2. The summed E-state index contributed by atoms with van der Waals surface area (Å²) in [6.07, 6.45) is 1.82. The van der Waals surface area contributed by atoms with Gasteiger partial charge in [-0.15, -0.1) is 0 Å². The third-order valence-corrected chi connectivity index (χ3v) is 4.97. The highest BCUT2D eigenvalue weighted by molar-refractivity contribution is 9.10. The minimum absolute atomic E-state index is 0.0232. The Morgan fingerprint density at radius 3 is 2.54 bits per heavy atom. The first-order valence-electron chi connectivity index (χ1n) is 8.73. The van der Waals surface area contributed by atoms with Crippen molar-refractivity contribution in [2.45, 2.75) is 25.4 Å². The smallest absolute Gasteiger partial charge is 0.243 e. The van der Waals surface area contributed by atoms with Gasteiger partial charge in [0.1, 0.15) is 0 Å². The number of halogens is 1. The molecular formula is C20H22BrN3O2. The molecule has 0 spiro atoms. The maximum Gasteiger partial charge on any atom is 0.243 e. The molecule has 1 atom stereocenters. The number of hydrogen-bond acceptors (Lipinski definition) is 3. The van der Waals surface area contributed by atoms with Crippen LogP contribution in [0.3, 0.4) is 0 Å². The van der Waals surface area contributed by atoms with Gasteiger partial charge in [0.2, 0.25) is 11.8 Å². The first-order valence-corrected chi connectivity index (χ1v) is 9.52. The third-order valence-electron chi connectivity index (χ3n) is 4.45. The minimum atomic E-state index is -0.228. The molecule has 1 fully saturated rings. The van der Waals surface area contributed by atoms with Gasteiger partial charge in [-0.05, 0) is 49.2 Å². The SMILES string of the molecule is O=C(CNC(=O)C1CCCN1Cc1ccccc1)Nc1ccc(Br)cc1. The number of nitrogens with one attached hydrogen (secondary N) is 2. The van der Waals surface area contributed by atoms with Crippen LogP contribution in [0, 0.1) is 0 Å². The molecule has 2 N–H and O–H groups in total. The van der Waals surface area contributed by atoms with Crippen molar-refractivity contribution < 1.29 is 9.59 Å². The second kappa shape index (κ2) is 8.96. The summed E-state index contributed by atoms with van der Waals surface area (Å²) in [4.78, 5) is 26.7. The van der Waals surface area contributed by atoms with Crippen LogP contribution < -0.4 is 10.6 Å². The van der Waals surface area contributed by atoms with Gasteiger partial charge in [0.15, 0.2) is 0 Å². The largest absolute Gasteiger partial charge is 0.346 e. The Labute approximate surface area is 161 Å². The summed E-state index contributed by atoms with van der Waals surface area (Å²) in [5.41, 5.74) is 1.90. The normalized spacial score (nSPS) is 17.0. The van der Waals surface area contributed by atoms with Crippen molar-refractivity contribution in [2.24, 2.45) is 0 Å². The quantitative estimate of drug-likeness (QED) is 0.761. The van der Waals surface area contributed by atoms with Crippen LogP contribution >= 0.6 is 15.9 Å². The van der Waals surface area contributed by atoms with Gasteiger partial charge in [-0.1, -0.05) is 46.3 Å². The molecule has 0 saturated carbocycles. The van der Waals surface area contributed by atoms with E-state index in [0.29, 0.717) is 5.69 Å². The van der Waals surface area contributed by atoms with Crippen molar-refractivity contribution >= 4 is 33.4 Å². The Kier molecular flexibility index (Phi) is 6.41. The molecule has 0 aliphatic carbocycles. The topological polar surface area (TPSA) is 61.4 Å². The Balaban J connectivity index is 1.49. The van der Waals surface area contributed by atoms with Crippen LogP contribution in [0.2, 0.25) is 0 Å². The molecule has 2 amide bonds. The number of hydrogen-bond donors (Lipinski definition) is 2. The lowest BCUT2D eigenvalue weighted by Crippen LogP contribution is -2.45. The van der Waals surface area contributed by atoms with E-state index < -0.39 is 0 Å². The van der Waals surface area contributed by atoms with Crippen molar-refractivity contribution in [1.29, 1.82) is 0 Å². The zero-order valence-electron chi connectivity index (χ0n) is 14.5. The molecule has 0 aromatic heterocycles. The molecule has 2 aromatic carbocycles. The highest BCUT2D eigenvalue weighted by atomic mass is 79.9. The molecular weight excluding hydrogens is 394 g/mol. The molecule has 136 valence electrons. The Morgan fingerprint density at radius 1 is 1.08 bits per heavy atom. The van der Waals surface area contributed by atoms with E-state index in [9.17, 15) is 9.59 Å². The van der Waals surface area contributed by atoms with Crippen molar-refractivity contribution in [3.63, 3.8) is 0 Å². The van der Waals surface area contributed by atoms with E-state index in [-0.39, 0.29) is 24.4 Å². The number of carbonyl (C=O) groups is 2. The average molecular weight is 416 g/mol. The monoisotopic (exact) mass is 415 g/mol. The predicted molar refractivity (Wildman–Crippen MR) is 106 cm³/mol. The highest BCUT2D eigenvalue weighted by Crippen LogP contribution is 2.20.